The van der Waals surface area contributed by atoms with E-state index in [4.69, 9.17) is 9.05 Å². The largest absolute Gasteiger partial charge is 0.756 e. The Morgan fingerprint density at radius 2 is 1.11 bits per heavy atom. The Balaban J connectivity index is 4.57. The molecule has 0 bridgehead atoms. The van der Waals surface area contributed by atoms with Crippen LogP contribution in [0.15, 0.2) is 60.8 Å². The van der Waals surface area contributed by atoms with Crippen molar-refractivity contribution in [2.45, 2.75) is 180 Å². The third kappa shape index (κ3) is 38.5. The van der Waals surface area contributed by atoms with Crippen molar-refractivity contribution in [1.29, 1.82) is 0 Å². The van der Waals surface area contributed by atoms with E-state index < -0.39 is 26.6 Å². The Morgan fingerprint density at radius 3 is 1.67 bits per heavy atom. The van der Waals surface area contributed by atoms with Crippen molar-refractivity contribution in [3.63, 3.8) is 0 Å². The molecule has 0 radical (unpaired) electrons. The molecule has 54 heavy (non-hydrogen) atoms. The van der Waals surface area contributed by atoms with Gasteiger partial charge in [0.2, 0.25) is 5.91 Å². The molecule has 0 aromatic carbocycles. The molecule has 0 aliphatic heterocycles. The zero-order valence-electron chi connectivity index (χ0n) is 35.4. The second-order valence-electron chi connectivity index (χ2n) is 15.7. The van der Waals surface area contributed by atoms with Gasteiger partial charge in [-0.1, -0.05) is 152 Å². The molecule has 0 saturated carbocycles. The summed E-state index contributed by atoms with van der Waals surface area (Å²) in [5, 5.41) is 13.7. The minimum atomic E-state index is -4.60. The molecule has 0 aliphatic rings. The van der Waals surface area contributed by atoms with Crippen molar-refractivity contribution in [1.82, 2.24) is 5.32 Å². The fraction of sp³-hybridized carbons (Fsp3) is 0.756. The van der Waals surface area contributed by atoms with Crippen molar-refractivity contribution in [3.05, 3.63) is 60.8 Å². The maximum atomic E-state index is 12.8. The highest BCUT2D eigenvalue weighted by Crippen LogP contribution is 2.38. The summed E-state index contributed by atoms with van der Waals surface area (Å²) in [6.45, 7) is 4.54. The zero-order chi connectivity index (χ0) is 40.0. The predicted molar refractivity (Wildman–Crippen MR) is 228 cm³/mol. The molecule has 2 N–H and O–H groups in total. The summed E-state index contributed by atoms with van der Waals surface area (Å²) in [5.41, 5.74) is 0. The van der Waals surface area contributed by atoms with Gasteiger partial charge in [-0.3, -0.25) is 9.36 Å². The summed E-state index contributed by atoms with van der Waals surface area (Å²) in [5.74, 6) is -0.229. The van der Waals surface area contributed by atoms with Crippen LogP contribution in [0.25, 0.3) is 0 Å². The topological polar surface area (TPSA) is 108 Å². The Hall–Kier alpha value is -1.80. The maximum absolute atomic E-state index is 12.8. The lowest BCUT2D eigenvalue weighted by Crippen LogP contribution is -2.45. The number of aliphatic hydroxyl groups excluding tert-OH is 1. The van der Waals surface area contributed by atoms with E-state index in [2.05, 4.69) is 67.8 Å². The smallest absolute Gasteiger partial charge is 0.268 e. The Labute approximate surface area is 332 Å². The third-order valence-corrected chi connectivity index (χ3v) is 10.1. The Morgan fingerprint density at radius 1 is 0.648 bits per heavy atom. The first-order valence-electron chi connectivity index (χ1n) is 21.7. The van der Waals surface area contributed by atoms with Crippen LogP contribution in [0.3, 0.4) is 0 Å². The maximum Gasteiger partial charge on any atom is 0.268 e. The normalized spacial score (nSPS) is 15.0. The summed E-state index contributed by atoms with van der Waals surface area (Å²) < 4.78 is 23.1. The van der Waals surface area contributed by atoms with Gasteiger partial charge in [-0.25, -0.2) is 0 Å². The number of carbonyl (C=O) groups is 1. The molecule has 0 saturated heterocycles. The number of carbonyl (C=O) groups excluding carboxylic acids is 1. The summed E-state index contributed by atoms with van der Waals surface area (Å²) in [4.78, 5) is 25.2. The van der Waals surface area contributed by atoms with Gasteiger partial charge >= 0.3 is 0 Å². The number of allylic oxidation sites excluding steroid dienone is 9. The van der Waals surface area contributed by atoms with Gasteiger partial charge in [0.15, 0.2) is 0 Å². The van der Waals surface area contributed by atoms with E-state index in [1.165, 1.54) is 77.0 Å². The second kappa shape index (κ2) is 36.8. The Bertz CT molecular complexity index is 1060. The zero-order valence-corrected chi connectivity index (χ0v) is 36.3. The van der Waals surface area contributed by atoms with E-state index in [-0.39, 0.29) is 12.5 Å². The minimum Gasteiger partial charge on any atom is -0.756 e. The first-order valence-corrected chi connectivity index (χ1v) is 23.1. The van der Waals surface area contributed by atoms with Crippen molar-refractivity contribution in [2.24, 2.45) is 0 Å². The van der Waals surface area contributed by atoms with Crippen LogP contribution < -0.4 is 10.2 Å². The summed E-state index contributed by atoms with van der Waals surface area (Å²) >= 11 is 0. The SMILES string of the molecule is CCCC/C=C\C/C=C\CCCCCCCC(=O)NC(COP(=O)([O-])OCC[N+](C)(C)C)C(O)/C=C/CC/C=C/CC/C=C/CCCCCCCCCC. The van der Waals surface area contributed by atoms with Gasteiger partial charge in [0.1, 0.15) is 13.2 Å². The van der Waals surface area contributed by atoms with Gasteiger partial charge in [0, 0.05) is 6.42 Å². The summed E-state index contributed by atoms with van der Waals surface area (Å²) in [6, 6.07) is -0.917. The summed E-state index contributed by atoms with van der Waals surface area (Å²) in [6.07, 6.45) is 46.9. The van der Waals surface area contributed by atoms with E-state index >= 15 is 0 Å². The number of hydrogen-bond acceptors (Lipinski definition) is 6. The van der Waals surface area contributed by atoms with Gasteiger partial charge in [-0.2, -0.15) is 0 Å². The molecule has 8 nitrogen and oxygen atoms in total. The lowest BCUT2D eigenvalue weighted by atomic mass is 10.1. The van der Waals surface area contributed by atoms with Gasteiger partial charge in [0.05, 0.1) is 39.9 Å². The average molecular weight is 779 g/mol. The molecule has 0 spiro atoms. The second-order valence-corrected chi connectivity index (χ2v) is 17.1. The molecule has 314 valence electrons. The lowest BCUT2D eigenvalue weighted by Gasteiger charge is -2.29. The fourth-order valence-corrected chi connectivity index (χ4v) is 6.39. The minimum absolute atomic E-state index is 0.0143. The molecule has 3 atom stereocenters. The first kappa shape index (κ1) is 52.2. The van der Waals surface area contributed by atoms with Crippen molar-refractivity contribution in [2.75, 3.05) is 40.9 Å². The molecule has 0 aromatic heterocycles. The summed E-state index contributed by atoms with van der Waals surface area (Å²) in [7, 11) is 1.21. The monoisotopic (exact) mass is 779 g/mol. The van der Waals surface area contributed by atoms with E-state index in [0.29, 0.717) is 17.4 Å². The molecule has 0 aromatic rings. The van der Waals surface area contributed by atoms with Crippen LogP contribution in [0, 0.1) is 0 Å². The van der Waals surface area contributed by atoms with Crippen LogP contribution in [0.1, 0.15) is 168 Å². The number of nitrogens with zero attached hydrogens (tertiary/aromatic N) is 1. The number of likely N-dealkylation sites (N-methyl/N-ethyl adjacent to an activating group) is 1. The molecule has 1 amide bonds. The van der Waals surface area contributed by atoms with Gasteiger partial charge in [-0.05, 0) is 70.6 Å². The van der Waals surface area contributed by atoms with Crippen LogP contribution in [0.4, 0.5) is 0 Å². The third-order valence-electron chi connectivity index (χ3n) is 9.18. The van der Waals surface area contributed by atoms with E-state index in [9.17, 15) is 19.4 Å². The van der Waals surface area contributed by atoms with Gasteiger partial charge in [-0.15, -0.1) is 0 Å². The van der Waals surface area contributed by atoms with Crippen molar-refractivity contribution < 1.29 is 32.9 Å². The molecule has 0 heterocycles. The number of hydrogen-bond donors (Lipinski definition) is 2. The molecular weight excluding hydrogens is 695 g/mol. The van der Waals surface area contributed by atoms with Crippen LogP contribution in [0.5, 0.6) is 0 Å². The van der Waals surface area contributed by atoms with E-state index in [1.54, 1.807) is 6.08 Å². The molecular formula is C45H83N2O6P. The predicted octanol–water partition coefficient (Wildman–Crippen LogP) is 11.2. The van der Waals surface area contributed by atoms with Crippen molar-refractivity contribution >= 4 is 13.7 Å². The van der Waals surface area contributed by atoms with E-state index in [1.807, 2.05) is 27.2 Å². The number of aliphatic hydroxyl groups is 1. The number of quaternary nitrogens is 1. The highest BCUT2D eigenvalue weighted by atomic mass is 31.2. The van der Waals surface area contributed by atoms with Crippen LogP contribution in [-0.2, 0) is 18.4 Å². The molecule has 0 aliphatic carbocycles. The highest BCUT2D eigenvalue weighted by Gasteiger charge is 2.23. The van der Waals surface area contributed by atoms with Gasteiger partial charge < -0.3 is 28.8 Å². The first-order chi connectivity index (χ1) is 26.0. The highest BCUT2D eigenvalue weighted by molar-refractivity contribution is 7.45. The molecule has 0 rings (SSSR count). The number of phosphoric ester groups is 1. The van der Waals surface area contributed by atoms with Gasteiger partial charge in [0.25, 0.3) is 7.82 Å². The quantitative estimate of drug-likeness (QED) is 0.0280. The van der Waals surface area contributed by atoms with Crippen LogP contribution >= 0.6 is 7.82 Å². The van der Waals surface area contributed by atoms with Crippen LogP contribution in [0.2, 0.25) is 0 Å². The molecule has 0 fully saturated rings. The standard InChI is InChI=1S/C45H83N2O6P/c1-6-8-10-12-14-16-18-20-22-23-24-25-26-28-30-32-34-36-38-44(48)43(42-53-54(50,51)52-41-40-47(3,4)5)46-45(49)39-37-35-33-31-29-27-21-19-17-15-13-11-9-7-2/h13,15,19,21,23-24,28,30,36,38,43-44,48H,6-12,14,16-18,20,22,25-27,29,31-35,37,39-42H2,1-5H3,(H-,46,49,50,51)/b15-13-,21-19-,24-23+,30-28+,38-36+. The van der Waals surface area contributed by atoms with E-state index in [0.717, 1.165) is 70.6 Å². The number of phosphoric acid groups is 1. The fourth-order valence-electron chi connectivity index (χ4n) is 5.67. The van der Waals surface area contributed by atoms with Crippen molar-refractivity contribution in [3.8, 4) is 0 Å². The number of nitrogens with one attached hydrogen (secondary N) is 1. The average Bonchev–Trinajstić information content (AvgIpc) is 3.12. The lowest BCUT2D eigenvalue weighted by molar-refractivity contribution is -0.870. The number of unbranched alkanes of at least 4 members (excludes halogenated alkanes) is 17. The van der Waals surface area contributed by atoms with Crippen LogP contribution in [-0.4, -0.2) is 68.5 Å². The number of rotatable bonds is 38. The number of amides is 1. The molecule has 9 heteroatoms. The Kier molecular flexibility index (Phi) is 35.6. The molecule has 3 unspecified atom stereocenters.